The summed E-state index contributed by atoms with van der Waals surface area (Å²) in [6.45, 7) is 0. The Hall–Kier alpha value is -3.73. The molecule has 2 aliphatic carbocycles. The summed E-state index contributed by atoms with van der Waals surface area (Å²) >= 11 is 0. The van der Waals surface area contributed by atoms with Gasteiger partial charge in [0.05, 0.1) is 30.3 Å². The highest BCUT2D eigenvalue weighted by Gasteiger charge is 2.33. The predicted molar refractivity (Wildman–Crippen MR) is 101 cm³/mol. The van der Waals surface area contributed by atoms with E-state index in [9.17, 15) is 4.79 Å². The number of nitriles is 1. The minimum atomic E-state index is -0.282. The largest absolute Gasteiger partial charge is 0.321 e. The van der Waals surface area contributed by atoms with Gasteiger partial charge in [0, 0.05) is 30.4 Å². The van der Waals surface area contributed by atoms with Gasteiger partial charge in [0.1, 0.15) is 17.2 Å². The Morgan fingerprint density at radius 2 is 2.29 bits per heavy atom. The monoisotopic (exact) mass is 371 g/mol. The molecule has 1 N–H and O–H groups in total. The van der Waals surface area contributed by atoms with E-state index in [0.717, 1.165) is 24.1 Å². The standard InChI is InChI=1S/C20H17N7O/c21-7-6-17(13-4-5-13)27-12-14(11-23-27)19-25-16(10-18-22-8-9-26(18)19)20(28)24-15-2-1-3-15/h1-3,8-13,17H,4-6H2,(H,24,28). The van der Waals surface area contributed by atoms with E-state index in [-0.39, 0.29) is 11.9 Å². The maximum absolute atomic E-state index is 12.6. The van der Waals surface area contributed by atoms with E-state index in [1.807, 2.05) is 39.7 Å². The molecule has 3 aromatic heterocycles. The SMILES string of the molecule is N#CCC(C1CC1)n1cc(-c2nc(C(=O)NC3=CC=C3)cc3nccn23)cn1. The van der Waals surface area contributed by atoms with Crippen molar-refractivity contribution in [2.45, 2.75) is 25.3 Å². The third-order valence-corrected chi connectivity index (χ3v) is 5.10. The first-order chi connectivity index (χ1) is 13.7. The summed E-state index contributed by atoms with van der Waals surface area (Å²) in [6.07, 6.45) is 15.3. The van der Waals surface area contributed by atoms with Crippen molar-refractivity contribution in [2.24, 2.45) is 5.92 Å². The van der Waals surface area contributed by atoms with Gasteiger partial charge in [-0.1, -0.05) is 6.08 Å². The number of fused-ring (bicyclic) bond motifs is 1. The molecule has 8 heteroatoms. The summed E-state index contributed by atoms with van der Waals surface area (Å²) < 4.78 is 3.69. The van der Waals surface area contributed by atoms with Crippen LogP contribution < -0.4 is 5.32 Å². The van der Waals surface area contributed by atoms with Gasteiger partial charge in [0.2, 0.25) is 0 Å². The summed E-state index contributed by atoms with van der Waals surface area (Å²) in [5.74, 6) is 0.820. The molecule has 0 saturated heterocycles. The molecule has 8 nitrogen and oxygen atoms in total. The van der Waals surface area contributed by atoms with Crippen LogP contribution in [-0.4, -0.2) is 30.1 Å². The average Bonchev–Trinajstić information content (AvgIpc) is 3.19. The number of aromatic nitrogens is 5. The molecule has 3 heterocycles. The predicted octanol–water partition coefficient (Wildman–Crippen LogP) is 2.64. The molecule has 1 saturated carbocycles. The number of nitrogens with zero attached hydrogens (tertiary/aromatic N) is 6. The van der Waals surface area contributed by atoms with Gasteiger partial charge in [0.15, 0.2) is 0 Å². The fourth-order valence-corrected chi connectivity index (χ4v) is 3.40. The zero-order valence-electron chi connectivity index (χ0n) is 15.0. The van der Waals surface area contributed by atoms with Crippen LogP contribution >= 0.6 is 0 Å². The fraction of sp³-hybridized carbons (Fsp3) is 0.250. The Bertz CT molecular complexity index is 1170. The lowest BCUT2D eigenvalue weighted by Crippen LogP contribution is -2.24. The highest BCUT2D eigenvalue weighted by molar-refractivity contribution is 5.95. The summed E-state index contributed by atoms with van der Waals surface area (Å²) in [7, 11) is 0. The van der Waals surface area contributed by atoms with Gasteiger partial charge in [0.25, 0.3) is 5.91 Å². The first-order valence-corrected chi connectivity index (χ1v) is 9.18. The molecule has 5 rings (SSSR count). The summed E-state index contributed by atoms with van der Waals surface area (Å²) in [6, 6.07) is 4.01. The number of hydrogen-bond donors (Lipinski definition) is 1. The molecular weight excluding hydrogens is 354 g/mol. The van der Waals surface area contributed by atoms with Gasteiger partial charge < -0.3 is 5.32 Å². The molecule has 2 aliphatic rings. The lowest BCUT2D eigenvalue weighted by atomic mass is 10.1. The number of rotatable bonds is 6. The smallest absolute Gasteiger partial charge is 0.274 e. The number of carbonyl (C=O) groups is 1. The second-order valence-electron chi connectivity index (χ2n) is 7.03. The second kappa shape index (κ2) is 6.46. The van der Waals surface area contributed by atoms with Crippen LogP contribution in [0.2, 0.25) is 0 Å². The van der Waals surface area contributed by atoms with E-state index in [1.54, 1.807) is 18.5 Å². The van der Waals surface area contributed by atoms with Crippen LogP contribution in [0.3, 0.4) is 0 Å². The summed E-state index contributed by atoms with van der Waals surface area (Å²) in [5.41, 5.74) is 2.47. The molecule has 28 heavy (non-hydrogen) atoms. The van der Waals surface area contributed by atoms with Crippen molar-refractivity contribution in [3.05, 3.63) is 60.5 Å². The number of imidazole rings is 1. The maximum Gasteiger partial charge on any atom is 0.274 e. The van der Waals surface area contributed by atoms with E-state index < -0.39 is 0 Å². The molecule has 3 aromatic rings. The van der Waals surface area contributed by atoms with Crippen molar-refractivity contribution < 1.29 is 4.79 Å². The van der Waals surface area contributed by atoms with E-state index in [0.29, 0.717) is 29.5 Å². The molecule has 0 radical (unpaired) electrons. The Balaban J connectivity index is 1.52. The minimum absolute atomic E-state index is 0.0841. The topological polar surface area (TPSA) is 101 Å². The third-order valence-electron chi connectivity index (χ3n) is 5.10. The summed E-state index contributed by atoms with van der Waals surface area (Å²) in [4.78, 5) is 21.4. The molecule has 0 aliphatic heterocycles. The van der Waals surface area contributed by atoms with Crippen molar-refractivity contribution in [2.75, 3.05) is 0 Å². The van der Waals surface area contributed by atoms with Gasteiger partial charge in [-0.2, -0.15) is 10.4 Å². The lowest BCUT2D eigenvalue weighted by molar-refractivity contribution is 0.0962. The Kier molecular flexibility index (Phi) is 3.79. The van der Waals surface area contributed by atoms with E-state index in [4.69, 9.17) is 5.26 Å². The second-order valence-corrected chi connectivity index (χ2v) is 7.03. The van der Waals surface area contributed by atoms with Crippen molar-refractivity contribution in [1.29, 1.82) is 5.26 Å². The quantitative estimate of drug-likeness (QED) is 0.718. The molecule has 138 valence electrons. The third kappa shape index (κ3) is 2.87. The van der Waals surface area contributed by atoms with Crippen LogP contribution in [0.1, 0.15) is 35.8 Å². The summed E-state index contributed by atoms with van der Waals surface area (Å²) in [5, 5.41) is 16.4. The van der Waals surface area contributed by atoms with Crippen molar-refractivity contribution in [3.8, 4) is 17.5 Å². The van der Waals surface area contributed by atoms with E-state index in [1.165, 1.54) is 0 Å². The fourth-order valence-electron chi connectivity index (χ4n) is 3.40. The normalized spacial score (nSPS) is 16.3. The van der Waals surface area contributed by atoms with Crippen molar-refractivity contribution in [3.63, 3.8) is 0 Å². The molecule has 1 unspecified atom stereocenters. The van der Waals surface area contributed by atoms with Gasteiger partial charge >= 0.3 is 0 Å². The first-order valence-electron chi connectivity index (χ1n) is 9.18. The first kappa shape index (κ1) is 16.4. The molecule has 0 aromatic carbocycles. The van der Waals surface area contributed by atoms with Crippen LogP contribution in [0, 0.1) is 17.2 Å². The van der Waals surface area contributed by atoms with Crippen molar-refractivity contribution >= 4 is 11.6 Å². The van der Waals surface area contributed by atoms with Crippen LogP contribution in [0.15, 0.2) is 54.8 Å². The molecule has 1 fully saturated rings. The zero-order valence-corrected chi connectivity index (χ0v) is 15.0. The van der Waals surface area contributed by atoms with Crippen LogP contribution in [0.5, 0.6) is 0 Å². The Morgan fingerprint density at radius 1 is 1.43 bits per heavy atom. The number of carbonyl (C=O) groups excluding carboxylic acids is 1. The molecule has 1 amide bonds. The number of amides is 1. The molecule has 1 atom stereocenters. The van der Waals surface area contributed by atoms with Gasteiger partial charge in [-0.15, -0.1) is 0 Å². The van der Waals surface area contributed by atoms with Gasteiger partial charge in [-0.05, 0) is 30.9 Å². The maximum atomic E-state index is 12.6. The lowest BCUT2D eigenvalue weighted by Gasteiger charge is -2.13. The van der Waals surface area contributed by atoms with E-state index in [2.05, 4.69) is 26.5 Å². The Morgan fingerprint density at radius 3 is 3.00 bits per heavy atom. The minimum Gasteiger partial charge on any atom is -0.321 e. The number of allylic oxidation sites excluding steroid dienone is 3. The highest BCUT2D eigenvalue weighted by atomic mass is 16.1. The number of hydrogen-bond acceptors (Lipinski definition) is 5. The zero-order chi connectivity index (χ0) is 19.1. The highest BCUT2D eigenvalue weighted by Crippen LogP contribution is 2.41. The van der Waals surface area contributed by atoms with Crippen LogP contribution in [0.4, 0.5) is 0 Å². The number of nitrogens with one attached hydrogen (secondary N) is 1. The van der Waals surface area contributed by atoms with Gasteiger partial charge in [-0.25, -0.2) is 9.97 Å². The van der Waals surface area contributed by atoms with Gasteiger partial charge in [-0.3, -0.25) is 13.9 Å². The molecule has 0 bridgehead atoms. The molecule has 0 spiro atoms. The average molecular weight is 371 g/mol. The van der Waals surface area contributed by atoms with Crippen LogP contribution in [-0.2, 0) is 0 Å². The Labute approximate surface area is 160 Å². The van der Waals surface area contributed by atoms with Crippen LogP contribution in [0.25, 0.3) is 17.0 Å². The molecular formula is C20H17N7O. The van der Waals surface area contributed by atoms with Crippen molar-refractivity contribution in [1.82, 2.24) is 29.5 Å². The van der Waals surface area contributed by atoms with E-state index >= 15 is 0 Å².